The number of nitrogens with one attached hydrogen (secondary N) is 2. The van der Waals surface area contributed by atoms with Crippen LogP contribution in [0.5, 0.6) is 5.75 Å². The molecule has 6 rings (SSSR count). The molecule has 0 radical (unpaired) electrons. The molecule has 33 heavy (non-hydrogen) atoms. The number of piperidine rings is 1. The van der Waals surface area contributed by atoms with E-state index in [2.05, 4.69) is 33.7 Å². The maximum Gasteiger partial charge on any atom is 0.322 e. The Morgan fingerprint density at radius 2 is 1.94 bits per heavy atom. The topological polar surface area (TPSA) is 90.9 Å². The zero-order chi connectivity index (χ0) is 22.8. The number of hydrogen-bond acceptors (Lipinski definition) is 5. The predicted molar refractivity (Wildman–Crippen MR) is 122 cm³/mol. The Morgan fingerprint density at radius 1 is 1.12 bits per heavy atom. The minimum absolute atomic E-state index is 0.0649. The van der Waals surface area contributed by atoms with Crippen molar-refractivity contribution < 1.29 is 19.4 Å². The van der Waals surface area contributed by atoms with E-state index in [-0.39, 0.29) is 11.9 Å². The molecule has 2 aromatic carbocycles. The van der Waals surface area contributed by atoms with Crippen molar-refractivity contribution in [2.45, 2.75) is 61.2 Å². The Kier molecular flexibility index (Phi) is 4.42. The number of urea groups is 1. The molecule has 2 bridgehead atoms. The number of aliphatic hydroxyl groups is 1. The summed E-state index contributed by atoms with van der Waals surface area (Å²) < 4.78 is 5.54. The molecule has 2 heterocycles. The van der Waals surface area contributed by atoms with E-state index in [4.69, 9.17) is 4.74 Å². The zero-order valence-corrected chi connectivity index (χ0v) is 18.8. The van der Waals surface area contributed by atoms with E-state index in [0.717, 1.165) is 30.8 Å². The SMILES string of the molecule is COc1ccc2c(c1)C13CCN(Cc4ccccc4)[C@H](C2)[C@]1(O)CC[C@@]1(C3)NC(=O)NC1=O. The van der Waals surface area contributed by atoms with Crippen molar-refractivity contribution in [1.29, 1.82) is 0 Å². The summed E-state index contributed by atoms with van der Waals surface area (Å²) >= 11 is 0. The van der Waals surface area contributed by atoms with Crippen LogP contribution in [0.4, 0.5) is 4.79 Å². The fraction of sp³-hybridized carbons (Fsp3) is 0.462. The van der Waals surface area contributed by atoms with Gasteiger partial charge in [0, 0.05) is 18.0 Å². The number of ether oxygens (including phenoxy) is 1. The molecule has 7 nitrogen and oxygen atoms in total. The third-order valence-corrected chi connectivity index (χ3v) is 8.67. The van der Waals surface area contributed by atoms with Crippen LogP contribution in [0.15, 0.2) is 48.5 Å². The van der Waals surface area contributed by atoms with Crippen LogP contribution in [0.3, 0.4) is 0 Å². The average Bonchev–Trinajstić information content (AvgIpc) is 3.09. The van der Waals surface area contributed by atoms with Crippen LogP contribution in [0, 0.1) is 0 Å². The smallest absolute Gasteiger partial charge is 0.322 e. The lowest BCUT2D eigenvalue weighted by Gasteiger charge is -2.65. The molecular formula is C26H29N3O4. The number of fused-ring (bicyclic) bond motifs is 1. The molecule has 3 amide bonds. The lowest BCUT2D eigenvalue weighted by molar-refractivity contribution is -0.181. The molecular weight excluding hydrogens is 418 g/mol. The van der Waals surface area contributed by atoms with Crippen molar-refractivity contribution in [2.24, 2.45) is 0 Å². The Morgan fingerprint density at radius 3 is 2.67 bits per heavy atom. The number of nitrogens with zero attached hydrogens (tertiary/aromatic N) is 1. The molecule has 0 aromatic heterocycles. The van der Waals surface area contributed by atoms with Gasteiger partial charge in [0.15, 0.2) is 0 Å². The van der Waals surface area contributed by atoms with Crippen LogP contribution in [0.2, 0.25) is 0 Å². The molecule has 7 heteroatoms. The number of likely N-dealkylation sites (tertiary alicyclic amines) is 1. The van der Waals surface area contributed by atoms with Crippen LogP contribution < -0.4 is 15.4 Å². The van der Waals surface area contributed by atoms with Gasteiger partial charge in [0.25, 0.3) is 5.91 Å². The van der Waals surface area contributed by atoms with E-state index in [0.29, 0.717) is 25.7 Å². The molecule has 2 saturated heterocycles. The maximum atomic E-state index is 12.9. The van der Waals surface area contributed by atoms with Crippen LogP contribution in [0.1, 0.15) is 42.4 Å². The summed E-state index contributed by atoms with van der Waals surface area (Å²) in [6.45, 7) is 1.59. The van der Waals surface area contributed by atoms with Crippen molar-refractivity contribution >= 4 is 11.9 Å². The normalized spacial score (nSPS) is 34.9. The van der Waals surface area contributed by atoms with Gasteiger partial charge in [0.05, 0.1) is 12.7 Å². The van der Waals surface area contributed by atoms with E-state index in [1.54, 1.807) is 7.11 Å². The number of amides is 3. The zero-order valence-electron chi connectivity index (χ0n) is 18.8. The van der Waals surface area contributed by atoms with Gasteiger partial charge in [-0.3, -0.25) is 15.0 Å². The van der Waals surface area contributed by atoms with Crippen molar-refractivity contribution in [3.05, 3.63) is 65.2 Å². The van der Waals surface area contributed by atoms with Crippen LogP contribution in [-0.2, 0) is 23.2 Å². The third-order valence-electron chi connectivity index (χ3n) is 8.67. The van der Waals surface area contributed by atoms with Gasteiger partial charge >= 0.3 is 6.03 Å². The van der Waals surface area contributed by atoms with Crippen molar-refractivity contribution in [3.63, 3.8) is 0 Å². The van der Waals surface area contributed by atoms with Gasteiger partial charge in [0.1, 0.15) is 11.3 Å². The highest BCUT2D eigenvalue weighted by molar-refractivity contribution is 6.07. The molecule has 1 spiro atoms. The summed E-state index contributed by atoms with van der Waals surface area (Å²) in [7, 11) is 1.65. The standard InChI is InChI=1S/C26H29N3O4/c1-33-19-8-7-18-13-21-26(32)10-9-25(22(30)27-23(31)28-25)16-24(26,20(18)14-19)11-12-29(21)15-17-5-3-2-4-6-17/h2-8,14,21,32H,9-13,15-16H2,1H3,(H2,27,28,30,31)/t21-,24?,25+,26-/m1/s1. The van der Waals surface area contributed by atoms with Gasteiger partial charge in [-0.15, -0.1) is 0 Å². The molecule has 1 unspecified atom stereocenters. The fourth-order valence-electron chi connectivity index (χ4n) is 7.09. The molecule has 2 aromatic rings. The Balaban J connectivity index is 1.47. The van der Waals surface area contributed by atoms with E-state index in [1.807, 2.05) is 30.3 Å². The first-order valence-corrected chi connectivity index (χ1v) is 11.7. The third kappa shape index (κ3) is 2.82. The molecule has 1 saturated carbocycles. The number of carbonyl (C=O) groups is 2. The highest BCUT2D eigenvalue weighted by Gasteiger charge is 2.69. The monoisotopic (exact) mass is 447 g/mol. The first kappa shape index (κ1) is 20.7. The highest BCUT2D eigenvalue weighted by atomic mass is 16.5. The number of rotatable bonds is 3. The first-order valence-electron chi connectivity index (χ1n) is 11.7. The van der Waals surface area contributed by atoms with E-state index >= 15 is 0 Å². The van der Waals surface area contributed by atoms with Crippen molar-refractivity contribution in [1.82, 2.24) is 15.5 Å². The molecule has 172 valence electrons. The first-order chi connectivity index (χ1) is 15.9. The van der Waals surface area contributed by atoms with Crippen LogP contribution in [0.25, 0.3) is 0 Å². The number of imide groups is 1. The molecule has 3 N–H and O–H groups in total. The van der Waals surface area contributed by atoms with Gasteiger partial charge < -0.3 is 15.2 Å². The predicted octanol–water partition coefficient (Wildman–Crippen LogP) is 2.26. The lowest BCUT2D eigenvalue weighted by atomic mass is 9.46. The number of hydrogen-bond donors (Lipinski definition) is 3. The van der Waals surface area contributed by atoms with Crippen LogP contribution >= 0.6 is 0 Å². The number of benzene rings is 2. The molecule has 4 atom stereocenters. The molecule has 3 fully saturated rings. The Labute approximate surface area is 193 Å². The van der Waals surface area contributed by atoms with Gasteiger partial charge in [-0.05, 0) is 67.5 Å². The summed E-state index contributed by atoms with van der Waals surface area (Å²) in [5.41, 5.74) is 0.854. The number of methoxy groups -OCH3 is 1. The summed E-state index contributed by atoms with van der Waals surface area (Å²) in [5, 5.41) is 17.8. The minimum Gasteiger partial charge on any atom is -0.497 e. The summed E-state index contributed by atoms with van der Waals surface area (Å²) in [4.78, 5) is 27.4. The molecule has 2 aliphatic heterocycles. The number of carbonyl (C=O) groups excluding carboxylic acids is 2. The molecule has 2 aliphatic carbocycles. The largest absolute Gasteiger partial charge is 0.497 e. The second-order valence-corrected chi connectivity index (χ2v) is 10.1. The van der Waals surface area contributed by atoms with Gasteiger partial charge in [0.2, 0.25) is 0 Å². The second-order valence-electron chi connectivity index (χ2n) is 10.1. The average molecular weight is 448 g/mol. The maximum absolute atomic E-state index is 12.9. The summed E-state index contributed by atoms with van der Waals surface area (Å²) in [5.74, 6) is 0.470. The highest BCUT2D eigenvalue weighted by Crippen LogP contribution is 2.60. The second kappa shape index (κ2) is 7.05. The van der Waals surface area contributed by atoms with Gasteiger partial charge in [-0.25, -0.2) is 4.79 Å². The lowest BCUT2D eigenvalue weighted by Crippen LogP contribution is -2.76. The van der Waals surface area contributed by atoms with E-state index < -0.39 is 22.6 Å². The molecule has 4 aliphatic rings. The van der Waals surface area contributed by atoms with E-state index in [9.17, 15) is 14.7 Å². The fourth-order valence-corrected chi connectivity index (χ4v) is 7.09. The van der Waals surface area contributed by atoms with E-state index in [1.165, 1.54) is 11.1 Å². The summed E-state index contributed by atoms with van der Waals surface area (Å²) in [6.07, 6.45) is 2.73. The quantitative estimate of drug-likeness (QED) is 0.628. The van der Waals surface area contributed by atoms with Crippen LogP contribution in [-0.4, -0.2) is 52.8 Å². The van der Waals surface area contributed by atoms with Crippen molar-refractivity contribution in [3.8, 4) is 5.75 Å². The van der Waals surface area contributed by atoms with Gasteiger partial charge in [-0.2, -0.15) is 0 Å². The Hall–Kier alpha value is -2.90. The van der Waals surface area contributed by atoms with Gasteiger partial charge in [-0.1, -0.05) is 36.4 Å². The Bertz CT molecular complexity index is 1140. The minimum atomic E-state index is -1.00. The van der Waals surface area contributed by atoms with Crippen molar-refractivity contribution in [2.75, 3.05) is 13.7 Å². The summed E-state index contributed by atoms with van der Waals surface area (Å²) in [6, 6.07) is 16.0.